The van der Waals surface area contributed by atoms with Crippen LogP contribution in [0, 0.1) is 11.3 Å². The molecule has 6 nitrogen and oxygen atoms in total. The van der Waals surface area contributed by atoms with Crippen molar-refractivity contribution in [3.05, 3.63) is 12.2 Å². The first-order chi connectivity index (χ1) is 36.1. The molecule has 0 aromatic heterocycles. The molecule has 1 aliphatic heterocycles. The molecule has 1 saturated heterocycles. The van der Waals surface area contributed by atoms with Crippen LogP contribution in [0.2, 0.25) is 0 Å². The first-order valence-corrected chi connectivity index (χ1v) is 33.3. The van der Waals surface area contributed by atoms with Gasteiger partial charge in [0.1, 0.15) is 13.2 Å². The lowest BCUT2D eigenvalue weighted by Crippen LogP contribution is -2.40. The van der Waals surface area contributed by atoms with Crippen LogP contribution in [0.1, 0.15) is 366 Å². The van der Waals surface area contributed by atoms with Gasteiger partial charge in [-0.3, -0.25) is 9.59 Å². The zero-order chi connectivity index (χ0) is 52.5. The number of aliphatic hydroxyl groups is 2. The van der Waals surface area contributed by atoms with Gasteiger partial charge in [0.2, 0.25) is 0 Å². The Labute approximate surface area is 455 Å². The third-order valence-electron chi connectivity index (χ3n) is 16.5. The molecule has 0 amide bonds. The first kappa shape index (κ1) is 69.6. The van der Waals surface area contributed by atoms with Crippen LogP contribution in [-0.4, -0.2) is 48.6 Å². The molecule has 1 atom stereocenters. The van der Waals surface area contributed by atoms with E-state index in [2.05, 4.69) is 19.1 Å². The van der Waals surface area contributed by atoms with Gasteiger partial charge in [0.25, 0.3) is 0 Å². The predicted octanol–water partition coefficient (Wildman–Crippen LogP) is 21.1. The van der Waals surface area contributed by atoms with E-state index in [9.17, 15) is 19.8 Å². The normalized spacial score (nSPS) is 15.2. The Hall–Kier alpha value is -1.40. The van der Waals surface area contributed by atoms with Crippen LogP contribution in [0.15, 0.2) is 12.2 Å². The summed E-state index contributed by atoms with van der Waals surface area (Å²) in [5.41, 5.74) is -1.12. The quantitative estimate of drug-likeness (QED) is 0.0358. The van der Waals surface area contributed by atoms with Crippen LogP contribution in [0.25, 0.3) is 0 Å². The van der Waals surface area contributed by atoms with E-state index < -0.39 is 36.5 Å². The lowest BCUT2D eigenvalue weighted by atomic mass is 9.92. The zero-order valence-corrected chi connectivity index (χ0v) is 49.2. The van der Waals surface area contributed by atoms with Crippen molar-refractivity contribution in [2.75, 3.05) is 26.4 Å². The van der Waals surface area contributed by atoms with Crippen LogP contribution < -0.4 is 0 Å². The topological polar surface area (TPSA) is 93.1 Å². The summed E-state index contributed by atoms with van der Waals surface area (Å²) >= 11 is 0. The Bertz CT molecular complexity index is 1150. The summed E-state index contributed by atoms with van der Waals surface area (Å²) in [6.07, 6.45) is 81.6. The molecule has 0 spiro atoms. The van der Waals surface area contributed by atoms with Gasteiger partial charge >= 0.3 is 11.9 Å². The van der Waals surface area contributed by atoms with Crippen molar-refractivity contribution in [2.45, 2.75) is 366 Å². The SMILES string of the molecule is CCCCCCCCCCCCCCCCCCCCCCCCCCCCCC/C=C/CCCCCCCCCCCCCCCCCCCCCCCCCCC1CC(=O)OCC(CO)(CO)COC1=O. The summed E-state index contributed by atoms with van der Waals surface area (Å²) in [7, 11) is 0. The minimum Gasteiger partial charge on any atom is -0.465 e. The van der Waals surface area contributed by atoms with E-state index in [4.69, 9.17) is 9.47 Å². The summed E-state index contributed by atoms with van der Waals surface area (Å²) in [5.74, 6) is -1.40. The van der Waals surface area contributed by atoms with E-state index >= 15 is 0 Å². The highest BCUT2D eigenvalue weighted by Gasteiger charge is 2.36. The average Bonchev–Trinajstić information content (AvgIpc) is 3.46. The van der Waals surface area contributed by atoms with Crippen molar-refractivity contribution in [2.24, 2.45) is 11.3 Å². The van der Waals surface area contributed by atoms with E-state index in [-0.39, 0.29) is 19.6 Å². The summed E-state index contributed by atoms with van der Waals surface area (Å²) in [4.78, 5) is 24.7. The summed E-state index contributed by atoms with van der Waals surface area (Å²) in [6, 6.07) is 0. The van der Waals surface area contributed by atoms with E-state index in [0.717, 1.165) is 19.3 Å². The number of carbonyl (C=O) groups excluding carboxylic acids is 2. The smallest absolute Gasteiger partial charge is 0.309 e. The van der Waals surface area contributed by atoms with Gasteiger partial charge in [-0.15, -0.1) is 0 Å². The Morgan fingerprint density at radius 1 is 0.356 bits per heavy atom. The van der Waals surface area contributed by atoms with Gasteiger partial charge in [-0.1, -0.05) is 340 Å². The standard InChI is InChI=1S/C67H128O6/c1-2-3-4-5-6-7-8-9-10-11-12-13-14-15-16-17-18-19-20-21-22-23-24-25-26-27-28-29-30-31-32-33-34-35-36-37-38-39-40-41-42-43-44-45-46-47-48-49-50-51-52-53-54-55-56-57-58-64-59-65(70)72-62-67(60-68,61-69)63-73-66(64)71/h31-32,64,68-69H,2-30,33-63H2,1H3/b32-31+. The summed E-state index contributed by atoms with van der Waals surface area (Å²) in [5, 5.41) is 19.2. The molecular formula is C67H128O6. The fraction of sp³-hybridized carbons (Fsp3) is 0.940. The van der Waals surface area contributed by atoms with Gasteiger partial charge < -0.3 is 19.7 Å². The number of allylic oxidation sites excluding steroid dienone is 2. The van der Waals surface area contributed by atoms with Crippen LogP contribution in [0.3, 0.4) is 0 Å². The second kappa shape index (κ2) is 56.8. The van der Waals surface area contributed by atoms with Gasteiger partial charge in [0, 0.05) is 0 Å². The number of esters is 2. The van der Waals surface area contributed by atoms with Crippen LogP contribution >= 0.6 is 0 Å². The molecule has 0 aromatic carbocycles. The molecule has 73 heavy (non-hydrogen) atoms. The van der Waals surface area contributed by atoms with E-state index in [1.54, 1.807) is 0 Å². The van der Waals surface area contributed by atoms with E-state index in [1.165, 1.54) is 327 Å². The van der Waals surface area contributed by atoms with Crippen molar-refractivity contribution in [3.63, 3.8) is 0 Å². The Kier molecular flexibility index (Phi) is 54.2. The molecular weight excluding hydrogens is 901 g/mol. The molecule has 0 bridgehead atoms. The van der Waals surface area contributed by atoms with Gasteiger partial charge in [-0.25, -0.2) is 0 Å². The molecule has 0 radical (unpaired) electrons. The van der Waals surface area contributed by atoms with Crippen molar-refractivity contribution in [1.82, 2.24) is 0 Å². The van der Waals surface area contributed by atoms with Crippen LogP contribution in [-0.2, 0) is 19.1 Å². The highest BCUT2D eigenvalue weighted by atomic mass is 16.6. The van der Waals surface area contributed by atoms with Crippen molar-refractivity contribution in [1.29, 1.82) is 0 Å². The second-order valence-electron chi connectivity index (χ2n) is 23.9. The minimum atomic E-state index is -1.12. The number of hydrogen-bond acceptors (Lipinski definition) is 6. The monoisotopic (exact) mass is 1030 g/mol. The number of ether oxygens (including phenoxy) is 2. The van der Waals surface area contributed by atoms with Gasteiger partial charge in [0.15, 0.2) is 0 Å². The zero-order valence-electron chi connectivity index (χ0n) is 49.2. The molecule has 1 aliphatic rings. The van der Waals surface area contributed by atoms with Crippen molar-refractivity contribution < 1.29 is 29.3 Å². The fourth-order valence-corrected chi connectivity index (χ4v) is 11.1. The van der Waals surface area contributed by atoms with Crippen LogP contribution in [0.4, 0.5) is 0 Å². The van der Waals surface area contributed by atoms with Crippen molar-refractivity contribution >= 4 is 11.9 Å². The van der Waals surface area contributed by atoms with E-state index in [0.29, 0.717) is 6.42 Å². The number of cyclic esters (lactones) is 2. The Morgan fingerprint density at radius 2 is 0.589 bits per heavy atom. The second-order valence-corrected chi connectivity index (χ2v) is 23.9. The number of carbonyl (C=O) groups is 2. The van der Waals surface area contributed by atoms with Crippen LogP contribution in [0.5, 0.6) is 0 Å². The lowest BCUT2D eigenvalue weighted by molar-refractivity contribution is -0.155. The molecule has 1 heterocycles. The maximum Gasteiger partial charge on any atom is 0.309 e. The molecule has 0 aliphatic carbocycles. The maximum atomic E-state index is 12.5. The Balaban J connectivity index is 1.68. The van der Waals surface area contributed by atoms with Gasteiger partial charge in [-0.05, 0) is 32.1 Å². The molecule has 1 rings (SSSR count). The highest BCUT2D eigenvalue weighted by Crippen LogP contribution is 2.25. The third-order valence-corrected chi connectivity index (χ3v) is 16.5. The molecule has 432 valence electrons. The van der Waals surface area contributed by atoms with E-state index in [1.807, 2.05) is 0 Å². The minimum absolute atomic E-state index is 0.00444. The molecule has 6 heteroatoms. The number of rotatable bonds is 58. The number of aliphatic hydroxyl groups excluding tert-OH is 2. The number of unbranched alkanes of at least 4 members (excludes halogenated alkanes) is 52. The van der Waals surface area contributed by atoms with Gasteiger partial charge in [-0.2, -0.15) is 0 Å². The predicted molar refractivity (Wildman–Crippen MR) is 315 cm³/mol. The fourth-order valence-electron chi connectivity index (χ4n) is 11.1. The molecule has 1 fully saturated rings. The largest absolute Gasteiger partial charge is 0.465 e. The third kappa shape index (κ3) is 48.7. The lowest BCUT2D eigenvalue weighted by Gasteiger charge is -2.27. The molecule has 1 unspecified atom stereocenters. The highest BCUT2D eigenvalue weighted by molar-refractivity contribution is 5.80. The maximum absolute atomic E-state index is 12.5. The van der Waals surface area contributed by atoms with Crippen molar-refractivity contribution in [3.8, 4) is 0 Å². The van der Waals surface area contributed by atoms with Gasteiger partial charge in [0.05, 0.1) is 31.0 Å². The molecule has 0 saturated carbocycles. The first-order valence-electron chi connectivity index (χ1n) is 33.3. The Morgan fingerprint density at radius 3 is 0.849 bits per heavy atom. The summed E-state index contributed by atoms with van der Waals surface area (Å²) in [6.45, 7) is 1.21. The average molecular weight is 1030 g/mol. The number of hydrogen-bond donors (Lipinski definition) is 2. The molecule has 0 aromatic rings. The molecule has 2 N–H and O–H groups in total. The summed E-state index contributed by atoms with van der Waals surface area (Å²) < 4.78 is 10.6.